The normalized spacial score (nSPS) is 26.9. The van der Waals surface area contributed by atoms with Gasteiger partial charge in [-0.2, -0.15) is 0 Å². The molecule has 3 heterocycles. The second-order valence-corrected chi connectivity index (χ2v) is 5.43. The summed E-state index contributed by atoms with van der Waals surface area (Å²) in [6.45, 7) is 2.42. The molecule has 2 aliphatic heterocycles. The summed E-state index contributed by atoms with van der Waals surface area (Å²) in [5.41, 5.74) is 5.66. The van der Waals surface area contributed by atoms with Crippen LogP contribution in [0.1, 0.15) is 36.0 Å². The smallest absolute Gasteiger partial charge is 0.250 e. The Morgan fingerprint density at radius 2 is 2.21 bits per heavy atom. The third kappa shape index (κ3) is 2.56. The molecule has 19 heavy (non-hydrogen) atoms. The van der Waals surface area contributed by atoms with E-state index in [-0.39, 0.29) is 0 Å². The molecule has 5 nitrogen and oxygen atoms in total. The van der Waals surface area contributed by atoms with Crippen molar-refractivity contribution in [3.05, 3.63) is 23.9 Å². The third-order valence-corrected chi connectivity index (χ3v) is 4.24. The number of anilines is 1. The highest BCUT2D eigenvalue weighted by atomic mass is 16.1. The predicted octanol–water partition coefficient (Wildman–Crippen LogP) is 1.22. The Morgan fingerprint density at radius 3 is 2.95 bits per heavy atom. The fraction of sp³-hybridized carbons (Fsp3) is 0.571. The van der Waals surface area contributed by atoms with Crippen molar-refractivity contribution in [2.45, 2.75) is 37.8 Å². The van der Waals surface area contributed by atoms with Gasteiger partial charge in [0.1, 0.15) is 5.82 Å². The average molecular weight is 260 g/mol. The fourth-order valence-corrected chi connectivity index (χ4v) is 3.23. The summed E-state index contributed by atoms with van der Waals surface area (Å²) in [5.74, 6) is 0.404. The third-order valence-electron chi connectivity index (χ3n) is 4.24. The highest BCUT2D eigenvalue weighted by Crippen LogP contribution is 2.28. The van der Waals surface area contributed by atoms with Crippen LogP contribution >= 0.6 is 0 Å². The maximum absolute atomic E-state index is 11.0. The van der Waals surface area contributed by atoms with Crippen LogP contribution < -0.4 is 11.1 Å². The molecule has 3 N–H and O–H groups in total. The molecule has 2 saturated heterocycles. The summed E-state index contributed by atoms with van der Waals surface area (Å²) in [5, 5.41) is 3.50. The number of amides is 1. The molecule has 1 aromatic heterocycles. The summed E-state index contributed by atoms with van der Waals surface area (Å²) < 4.78 is 0. The quantitative estimate of drug-likeness (QED) is 0.857. The molecule has 0 bridgehead atoms. The molecule has 0 saturated carbocycles. The fourth-order valence-electron chi connectivity index (χ4n) is 3.23. The van der Waals surface area contributed by atoms with Gasteiger partial charge in [0, 0.05) is 24.8 Å². The first-order valence-electron chi connectivity index (χ1n) is 7.00. The van der Waals surface area contributed by atoms with Crippen LogP contribution in [-0.4, -0.2) is 41.0 Å². The Balaban J connectivity index is 1.66. The summed E-state index contributed by atoms with van der Waals surface area (Å²) >= 11 is 0. The van der Waals surface area contributed by atoms with Gasteiger partial charge in [0.2, 0.25) is 5.91 Å². The Labute approximate surface area is 113 Å². The highest BCUT2D eigenvalue weighted by molar-refractivity contribution is 5.92. The Kier molecular flexibility index (Phi) is 3.38. The molecule has 0 aromatic carbocycles. The van der Waals surface area contributed by atoms with Crippen molar-refractivity contribution in [3.63, 3.8) is 0 Å². The standard InChI is InChI=1S/C14H20N4O/c15-14(19)10-4-5-13(16-9-10)17-11-6-8-18-7-2-1-3-12(11)18/h4-5,9,11-12H,1-3,6-8H2,(H2,15,19)(H,16,17). The molecular formula is C14H20N4O. The first-order valence-corrected chi connectivity index (χ1v) is 7.00. The lowest BCUT2D eigenvalue weighted by Crippen LogP contribution is -2.41. The number of primary amides is 1. The van der Waals surface area contributed by atoms with Gasteiger partial charge in [-0.1, -0.05) is 6.42 Å². The summed E-state index contributed by atoms with van der Waals surface area (Å²) in [7, 11) is 0. The van der Waals surface area contributed by atoms with Gasteiger partial charge in [-0.25, -0.2) is 4.98 Å². The van der Waals surface area contributed by atoms with Crippen LogP contribution in [0.15, 0.2) is 18.3 Å². The highest BCUT2D eigenvalue weighted by Gasteiger charge is 2.35. The molecule has 2 fully saturated rings. The zero-order valence-electron chi connectivity index (χ0n) is 11.0. The number of hydrogen-bond donors (Lipinski definition) is 2. The van der Waals surface area contributed by atoms with Gasteiger partial charge in [0.05, 0.1) is 5.56 Å². The van der Waals surface area contributed by atoms with Crippen molar-refractivity contribution in [3.8, 4) is 0 Å². The molecule has 1 amide bonds. The number of nitrogens with zero attached hydrogens (tertiary/aromatic N) is 2. The van der Waals surface area contributed by atoms with Gasteiger partial charge in [0.15, 0.2) is 0 Å². The van der Waals surface area contributed by atoms with E-state index in [1.165, 1.54) is 45.0 Å². The molecule has 5 heteroatoms. The largest absolute Gasteiger partial charge is 0.366 e. The number of hydrogen-bond acceptors (Lipinski definition) is 4. The Hall–Kier alpha value is -1.62. The molecule has 1 aromatic rings. The lowest BCUT2D eigenvalue weighted by molar-refractivity contribution is 0.1000. The van der Waals surface area contributed by atoms with Gasteiger partial charge in [-0.3, -0.25) is 9.69 Å². The van der Waals surface area contributed by atoms with Crippen LogP contribution in [-0.2, 0) is 0 Å². The molecule has 3 rings (SSSR count). The summed E-state index contributed by atoms with van der Waals surface area (Å²) in [6.07, 6.45) is 6.64. The van der Waals surface area contributed by atoms with Crippen LogP contribution in [0.25, 0.3) is 0 Å². The zero-order chi connectivity index (χ0) is 13.2. The van der Waals surface area contributed by atoms with E-state index in [0.717, 1.165) is 5.82 Å². The van der Waals surface area contributed by atoms with E-state index in [2.05, 4.69) is 15.2 Å². The Bertz CT molecular complexity index is 459. The van der Waals surface area contributed by atoms with E-state index in [1.807, 2.05) is 6.07 Å². The molecule has 2 unspecified atom stereocenters. The topological polar surface area (TPSA) is 71.2 Å². The van der Waals surface area contributed by atoms with Crippen LogP contribution in [0.4, 0.5) is 5.82 Å². The van der Waals surface area contributed by atoms with Gasteiger partial charge >= 0.3 is 0 Å². The second kappa shape index (κ2) is 5.17. The van der Waals surface area contributed by atoms with Crippen LogP contribution in [0.5, 0.6) is 0 Å². The number of carbonyl (C=O) groups excluding carboxylic acids is 1. The number of nitrogens with one attached hydrogen (secondary N) is 1. The van der Waals surface area contributed by atoms with Crippen LogP contribution in [0.3, 0.4) is 0 Å². The molecular weight excluding hydrogens is 240 g/mol. The van der Waals surface area contributed by atoms with E-state index >= 15 is 0 Å². The van der Waals surface area contributed by atoms with Crippen molar-refractivity contribution in [2.24, 2.45) is 5.73 Å². The molecule has 2 atom stereocenters. The van der Waals surface area contributed by atoms with Crippen LogP contribution in [0.2, 0.25) is 0 Å². The van der Waals surface area contributed by atoms with E-state index in [0.29, 0.717) is 17.6 Å². The van der Waals surface area contributed by atoms with Gasteiger partial charge in [-0.05, 0) is 37.9 Å². The van der Waals surface area contributed by atoms with E-state index in [9.17, 15) is 4.79 Å². The van der Waals surface area contributed by atoms with Gasteiger partial charge in [0.25, 0.3) is 0 Å². The van der Waals surface area contributed by atoms with Crippen molar-refractivity contribution in [2.75, 3.05) is 18.4 Å². The van der Waals surface area contributed by atoms with Crippen molar-refractivity contribution >= 4 is 11.7 Å². The first-order chi connectivity index (χ1) is 9.24. The van der Waals surface area contributed by atoms with Gasteiger partial charge < -0.3 is 11.1 Å². The van der Waals surface area contributed by atoms with E-state index < -0.39 is 5.91 Å². The van der Waals surface area contributed by atoms with Gasteiger partial charge in [-0.15, -0.1) is 0 Å². The molecule has 0 aliphatic carbocycles. The zero-order valence-corrected chi connectivity index (χ0v) is 11.0. The number of pyridine rings is 1. The predicted molar refractivity (Wildman–Crippen MR) is 74.0 cm³/mol. The number of fused-ring (bicyclic) bond motifs is 1. The second-order valence-electron chi connectivity index (χ2n) is 5.43. The molecule has 102 valence electrons. The maximum Gasteiger partial charge on any atom is 0.250 e. The summed E-state index contributed by atoms with van der Waals surface area (Å²) in [4.78, 5) is 17.9. The number of piperidine rings is 1. The van der Waals surface area contributed by atoms with Crippen LogP contribution in [0, 0.1) is 0 Å². The minimum absolute atomic E-state index is 0.432. The number of aromatic nitrogens is 1. The minimum Gasteiger partial charge on any atom is -0.366 e. The first kappa shape index (κ1) is 12.4. The lowest BCUT2D eigenvalue weighted by atomic mass is 9.99. The monoisotopic (exact) mass is 260 g/mol. The van der Waals surface area contributed by atoms with Crippen molar-refractivity contribution < 1.29 is 4.79 Å². The number of rotatable bonds is 3. The number of carbonyl (C=O) groups is 1. The molecule has 0 radical (unpaired) electrons. The summed E-state index contributed by atoms with van der Waals surface area (Å²) in [6, 6.07) is 4.69. The Morgan fingerprint density at radius 1 is 1.32 bits per heavy atom. The molecule has 2 aliphatic rings. The van der Waals surface area contributed by atoms with E-state index in [4.69, 9.17) is 5.73 Å². The molecule has 0 spiro atoms. The average Bonchev–Trinajstić information content (AvgIpc) is 2.83. The number of nitrogens with two attached hydrogens (primary N) is 1. The lowest BCUT2D eigenvalue weighted by Gasteiger charge is -2.32. The SMILES string of the molecule is NC(=O)c1ccc(NC2CCN3CCCCC23)nc1. The van der Waals surface area contributed by atoms with Crippen molar-refractivity contribution in [1.82, 2.24) is 9.88 Å². The maximum atomic E-state index is 11.0. The van der Waals surface area contributed by atoms with E-state index in [1.54, 1.807) is 6.07 Å². The minimum atomic E-state index is -0.432. The van der Waals surface area contributed by atoms with Crippen molar-refractivity contribution in [1.29, 1.82) is 0 Å².